The van der Waals surface area contributed by atoms with Crippen LogP contribution in [0, 0.1) is 5.92 Å². The number of rotatable bonds is 6. The molecule has 5 rings (SSSR count). The van der Waals surface area contributed by atoms with E-state index in [9.17, 15) is 4.79 Å². The zero-order valence-corrected chi connectivity index (χ0v) is 18.5. The highest BCUT2D eigenvalue weighted by Gasteiger charge is 2.39. The van der Waals surface area contributed by atoms with Crippen molar-refractivity contribution < 1.29 is 4.79 Å². The highest BCUT2D eigenvalue weighted by atomic mass is 32.2. The Balaban J connectivity index is 1.32. The minimum absolute atomic E-state index is 0.0733. The molecular formula is C24H25N5OS. The third-order valence-electron chi connectivity index (χ3n) is 6.00. The van der Waals surface area contributed by atoms with Crippen LogP contribution in [0.3, 0.4) is 0 Å². The first-order valence-corrected chi connectivity index (χ1v) is 11.2. The molecule has 0 amide bonds. The molecule has 6 nitrogen and oxygen atoms in total. The zero-order chi connectivity index (χ0) is 21.4. The molecule has 1 fully saturated rings. The predicted octanol–water partition coefficient (Wildman–Crippen LogP) is 5.05. The second kappa shape index (κ2) is 7.98. The average molecular weight is 432 g/mol. The van der Waals surface area contributed by atoms with Crippen LogP contribution < -0.4 is 0 Å². The van der Waals surface area contributed by atoms with Crippen molar-refractivity contribution in [2.24, 2.45) is 5.92 Å². The molecule has 1 saturated heterocycles. The van der Waals surface area contributed by atoms with Crippen LogP contribution in [0.25, 0.3) is 22.0 Å². The van der Waals surface area contributed by atoms with Gasteiger partial charge in [-0.1, -0.05) is 18.2 Å². The molecule has 1 atom stereocenters. The summed E-state index contributed by atoms with van der Waals surface area (Å²) in [4.78, 5) is 12.2. The molecule has 4 aromatic rings. The van der Waals surface area contributed by atoms with E-state index in [0.29, 0.717) is 5.92 Å². The van der Waals surface area contributed by atoms with E-state index in [1.54, 1.807) is 11.9 Å². The largest absolute Gasteiger partial charge is 0.298 e. The molecule has 0 bridgehead atoms. The Morgan fingerprint density at radius 2 is 2.10 bits per heavy atom. The summed E-state index contributed by atoms with van der Waals surface area (Å²) in [6.07, 6.45) is 7.70. The van der Waals surface area contributed by atoms with E-state index in [1.807, 2.05) is 36.8 Å². The van der Waals surface area contributed by atoms with Crippen LogP contribution in [0.5, 0.6) is 0 Å². The Morgan fingerprint density at radius 1 is 1.19 bits per heavy atom. The van der Waals surface area contributed by atoms with Gasteiger partial charge in [-0.2, -0.15) is 10.2 Å². The molecule has 3 heterocycles. The molecule has 31 heavy (non-hydrogen) atoms. The summed E-state index contributed by atoms with van der Waals surface area (Å²) in [5.74, 6) is 0.508. The van der Waals surface area contributed by atoms with Crippen LogP contribution in [-0.2, 0) is 6.54 Å². The number of nitrogens with one attached hydrogen (secondary N) is 1. The molecule has 1 unspecified atom stereocenters. The van der Waals surface area contributed by atoms with Crippen molar-refractivity contribution in [3.8, 4) is 11.1 Å². The number of carbonyl (C=O) groups excluding carboxylic acids is 1. The topological polar surface area (TPSA) is 66.8 Å². The number of fused-ring (bicyclic) bond motifs is 1. The number of carbonyl (C=O) groups is 1. The average Bonchev–Trinajstić information content (AvgIpc) is 3.48. The van der Waals surface area contributed by atoms with Gasteiger partial charge in [-0.15, -0.1) is 0 Å². The Bertz CT molecular complexity index is 1210. The highest BCUT2D eigenvalue weighted by Crippen LogP contribution is 2.41. The van der Waals surface area contributed by atoms with E-state index in [-0.39, 0.29) is 5.54 Å². The van der Waals surface area contributed by atoms with Crippen molar-refractivity contribution in [1.82, 2.24) is 24.3 Å². The van der Waals surface area contributed by atoms with Crippen LogP contribution in [0.15, 0.2) is 66.0 Å². The maximum absolute atomic E-state index is 11.1. The van der Waals surface area contributed by atoms with Crippen LogP contribution in [0.2, 0.25) is 0 Å². The number of benzene rings is 2. The van der Waals surface area contributed by atoms with Gasteiger partial charge in [0.2, 0.25) is 0 Å². The molecule has 7 heteroatoms. The molecule has 0 spiro atoms. The number of aldehydes is 1. The third kappa shape index (κ3) is 4.03. The summed E-state index contributed by atoms with van der Waals surface area (Å²) < 4.78 is 4.58. The number of nitrogens with zero attached hydrogens (tertiary/aromatic N) is 4. The first-order chi connectivity index (χ1) is 15.0. The molecule has 1 N–H and O–H groups in total. The van der Waals surface area contributed by atoms with Gasteiger partial charge in [-0.25, -0.2) is 4.31 Å². The number of aromatic nitrogens is 4. The second-order valence-corrected chi connectivity index (χ2v) is 9.91. The monoisotopic (exact) mass is 431 g/mol. The van der Waals surface area contributed by atoms with Crippen molar-refractivity contribution in [1.29, 1.82) is 0 Å². The fraction of sp³-hybridized carbons (Fsp3) is 0.292. The van der Waals surface area contributed by atoms with Gasteiger partial charge < -0.3 is 0 Å². The maximum atomic E-state index is 11.1. The van der Waals surface area contributed by atoms with E-state index >= 15 is 0 Å². The lowest BCUT2D eigenvalue weighted by Crippen LogP contribution is -2.32. The van der Waals surface area contributed by atoms with E-state index in [0.717, 1.165) is 58.3 Å². The molecule has 1 aliphatic heterocycles. The van der Waals surface area contributed by atoms with Gasteiger partial charge in [0.05, 0.1) is 17.9 Å². The van der Waals surface area contributed by atoms with E-state index in [4.69, 9.17) is 0 Å². The standard InChI is InChI=1S/C24H25N5OS/c1-24(2)10-18(15-29(24)31-22-5-3-4-17(8-22)16-30)14-28-23-7-6-19(9-20(23)13-27-28)21-11-25-26-12-21/h3-9,11-13,16,18H,10,14-15H2,1-2H3,(H,25,26). The number of aromatic amines is 1. The van der Waals surface area contributed by atoms with Crippen LogP contribution in [0.4, 0.5) is 0 Å². The zero-order valence-electron chi connectivity index (χ0n) is 17.7. The van der Waals surface area contributed by atoms with Gasteiger partial charge in [0.15, 0.2) is 0 Å². The van der Waals surface area contributed by atoms with E-state index in [1.165, 1.54) is 0 Å². The summed E-state index contributed by atoms with van der Waals surface area (Å²) in [6.45, 7) is 6.46. The number of hydrogen-bond acceptors (Lipinski definition) is 5. The van der Waals surface area contributed by atoms with Gasteiger partial charge in [0.1, 0.15) is 6.29 Å². The van der Waals surface area contributed by atoms with Crippen molar-refractivity contribution in [2.45, 2.75) is 37.2 Å². The van der Waals surface area contributed by atoms with E-state index in [2.05, 4.69) is 62.4 Å². The fourth-order valence-electron chi connectivity index (χ4n) is 4.47. The van der Waals surface area contributed by atoms with Gasteiger partial charge in [-0.05, 0) is 68.0 Å². The summed E-state index contributed by atoms with van der Waals surface area (Å²) >= 11 is 1.74. The molecule has 2 aromatic carbocycles. The Morgan fingerprint density at radius 3 is 2.90 bits per heavy atom. The highest BCUT2D eigenvalue weighted by molar-refractivity contribution is 7.97. The van der Waals surface area contributed by atoms with Crippen molar-refractivity contribution >= 4 is 29.1 Å². The smallest absolute Gasteiger partial charge is 0.150 e. The molecule has 158 valence electrons. The quantitative estimate of drug-likeness (QED) is 0.342. The molecule has 0 aliphatic carbocycles. The lowest BCUT2D eigenvalue weighted by molar-refractivity contribution is 0.112. The lowest BCUT2D eigenvalue weighted by Gasteiger charge is -2.30. The first kappa shape index (κ1) is 20.0. The van der Waals surface area contributed by atoms with Crippen molar-refractivity contribution in [3.05, 3.63) is 66.6 Å². The first-order valence-electron chi connectivity index (χ1n) is 10.5. The van der Waals surface area contributed by atoms with Gasteiger partial charge in [0.25, 0.3) is 0 Å². The predicted molar refractivity (Wildman–Crippen MR) is 124 cm³/mol. The minimum Gasteiger partial charge on any atom is -0.298 e. The van der Waals surface area contributed by atoms with Crippen molar-refractivity contribution in [3.63, 3.8) is 0 Å². The Labute approximate surface area is 185 Å². The summed E-state index contributed by atoms with van der Waals surface area (Å²) in [5.41, 5.74) is 4.18. The van der Waals surface area contributed by atoms with Crippen LogP contribution >= 0.6 is 11.9 Å². The molecular weight excluding hydrogens is 406 g/mol. The van der Waals surface area contributed by atoms with Crippen molar-refractivity contribution in [2.75, 3.05) is 6.54 Å². The summed E-state index contributed by atoms with van der Waals surface area (Å²) in [7, 11) is 0. The maximum Gasteiger partial charge on any atom is 0.150 e. The van der Waals surface area contributed by atoms with Gasteiger partial charge in [-0.3, -0.25) is 14.6 Å². The van der Waals surface area contributed by atoms with Crippen LogP contribution in [-0.4, -0.2) is 42.7 Å². The normalized spacial score (nSPS) is 18.6. The Kier molecular flexibility index (Phi) is 5.16. The molecule has 0 saturated carbocycles. The van der Waals surface area contributed by atoms with E-state index < -0.39 is 0 Å². The second-order valence-electron chi connectivity index (χ2n) is 8.81. The third-order valence-corrected chi connectivity index (χ3v) is 7.33. The molecule has 2 aromatic heterocycles. The number of hydrogen-bond donors (Lipinski definition) is 1. The lowest BCUT2D eigenvalue weighted by atomic mass is 9.97. The van der Waals surface area contributed by atoms with Crippen LogP contribution in [0.1, 0.15) is 30.6 Å². The Hall–Kier alpha value is -2.90. The molecule has 0 radical (unpaired) electrons. The molecule has 1 aliphatic rings. The summed E-state index contributed by atoms with van der Waals surface area (Å²) in [5, 5.41) is 12.7. The van der Waals surface area contributed by atoms with Gasteiger partial charge >= 0.3 is 0 Å². The fourth-order valence-corrected chi connectivity index (χ4v) is 5.66. The SMILES string of the molecule is CC1(C)CC(Cn2ncc3cc(-c4cn[nH]c4)ccc32)CN1Sc1cccc(C=O)c1. The number of H-pyrrole nitrogens is 1. The minimum atomic E-state index is 0.0733. The van der Waals surface area contributed by atoms with Gasteiger partial charge in [0, 0.05) is 46.2 Å². The summed E-state index contributed by atoms with van der Waals surface area (Å²) in [6, 6.07) is 14.3.